The Morgan fingerprint density at radius 3 is 2.65 bits per heavy atom. The average molecular weight is 372 g/mol. The molecule has 0 radical (unpaired) electrons. The molecule has 4 atom stereocenters. The molecule has 0 aromatic carbocycles. The fraction of sp³-hybridized carbons (Fsp3) is 0.750. The van der Waals surface area contributed by atoms with E-state index in [0.29, 0.717) is 26.1 Å². The molecule has 3 heterocycles. The maximum atomic E-state index is 12.5. The summed E-state index contributed by atoms with van der Waals surface area (Å²) in [6.07, 6.45) is -1.90. The lowest BCUT2D eigenvalue weighted by Crippen LogP contribution is -2.49. The van der Waals surface area contributed by atoms with Gasteiger partial charge in [0.05, 0.1) is 19.8 Å². The fourth-order valence-corrected chi connectivity index (χ4v) is 3.30. The van der Waals surface area contributed by atoms with Gasteiger partial charge < -0.3 is 29.2 Å². The highest BCUT2D eigenvalue weighted by molar-refractivity contribution is 4.96. The van der Waals surface area contributed by atoms with E-state index in [2.05, 4.69) is 0 Å². The van der Waals surface area contributed by atoms with E-state index in [1.807, 2.05) is 0 Å². The van der Waals surface area contributed by atoms with Gasteiger partial charge in [-0.1, -0.05) is 0 Å². The second-order valence-electron chi connectivity index (χ2n) is 6.45. The molecule has 2 aliphatic rings. The summed E-state index contributed by atoms with van der Waals surface area (Å²) in [5.74, 6) is -0.986. The third kappa shape index (κ3) is 3.36. The Bertz CT molecular complexity index is 739. The topological polar surface area (TPSA) is 121 Å². The van der Waals surface area contributed by atoms with E-state index >= 15 is 0 Å². The number of nitrogens with zero attached hydrogens (tertiary/aromatic N) is 2. The van der Waals surface area contributed by atoms with Crippen LogP contribution in [-0.4, -0.2) is 70.4 Å². The molecular weight excluding hydrogens is 348 g/mol. The molecule has 1 aromatic heterocycles. The molecule has 0 unspecified atom stereocenters. The van der Waals surface area contributed by atoms with Gasteiger partial charge in [0.1, 0.15) is 18.3 Å². The summed E-state index contributed by atoms with van der Waals surface area (Å²) in [7, 11) is 2.85. The highest BCUT2D eigenvalue weighted by atomic mass is 16.7. The Labute approximate surface area is 149 Å². The van der Waals surface area contributed by atoms with Crippen LogP contribution in [0.4, 0.5) is 0 Å². The molecule has 0 aliphatic carbocycles. The van der Waals surface area contributed by atoms with E-state index in [1.54, 1.807) is 0 Å². The summed E-state index contributed by atoms with van der Waals surface area (Å²) in [5, 5.41) is 20.0. The zero-order valence-corrected chi connectivity index (χ0v) is 14.7. The largest absolute Gasteiger partial charge is 0.394 e. The number of aromatic nitrogens is 2. The van der Waals surface area contributed by atoms with Crippen molar-refractivity contribution < 1.29 is 29.2 Å². The molecular formula is C16H24N2O8. The number of hydrogen-bond donors (Lipinski definition) is 2. The van der Waals surface area contributed by atoms with Gasteiger partial charge in [0.25, 0.3) is 5.56 Å². The Balaban J connectivity index is 1.96. The van der Waals surface area contributed by atoms with Gasteiger partial charge in [-0.25, -0.2) is 4.79 Å². The predicted molar refractivity (Wildman–Crippen MR) is 87.6 cm³/mol. The zero-order chi connectivity index (χ0) is 18.9. The van der Waals surface area contributed by atoms with Crippen LogP contribution in [-0.2, 0) is 26.0 Å². The highest BCUT2D eigenvalue weighted by Crippen LogP contribution is 2.37. The number of aliphatic hydroxyl groups excluding tert-OH is 2. The minimum atomic E-state index is -1.18. The smallest absolute Gasteiger partial charge is 0.332 e. The number of rotatable bonds is 5. The first-order chi connectivity index (χ1) is 12.4. The quantitative estimate of drug-likeness (QED) is 0.589. The van der Waals surface area contributed by atoms with Crippen molar-refractivity contribution >= 4 is 0 Å². The van der Waals surface area contributed by atoms with E-state index in [-0.39, 0.29) is 0 Å². The highest BCUT2D eigenvalue weighted by Gasteiger charge is 2.50. The molecule has 26 heavy (non-hydrogen) atoms. The summed E-state index contributed by atoms with van der Waals surface area (Å²) in [6.45, 7) is 0.428. The molecule has 10 nitrogen and oxygen atoms in total. The van der Waals surface area contributed by atoms with Crippen molar-refractivity contribution in [3.63, 3.8) is 0 Å². The van der Waals surface area contributed by atoms with Crippen molar-refractivity contribution in [2.75, 3.05) is 26.9 Å². The predicted octanol–water partition coefficient (Wildman–Crippen LogP) is -1.66. The van der Waals surface area contributed by atoms with Crippen LogP contribution in [0.15, 0.2) is 21.9 Å². The van der Waals surface area contributed by atoms with Crippen molar-refractivity contribution in [1.82, 2.24) is 9.13 Å². The maximum Gasteiger partial charge on any atom is 0.332 e. The molecule has 0 bridgehead atoms. The molecule has 2 saturated heterocycles. The second-order valence-corrected chi connectivity index (χ2v) is 6.45. The molecule has 2 fully saturated rings. The molecule has 0 spiro atoms. The lowest BCUT2D eigenvalue weighted by molar-refractivity contribution is -0.293. The van der Waals surface area contributed by atoms with E-state index in [4.69, 9.17) is 18.9 Å². The van der Waals surface area contributed by atoms with Crippen LogP contribution in [0.1, 0.15) is 19.1 Å². The standard InChI is InChI=1S/C16H24N2O8/c1-17-11(20)3-6-18(15(17)22)14-13(12(21)10(9-19)25-14)26-16(23-2)4-7-24-8-5-16/h3,6,10,12-14,19,21H,4-5,7-9H2,1-2H3/t10-,12-,13-,14-/m1/s1. The van der Waals surface area contributed by atoms with Crippen LogP contribution in [0.2, 0.25) is 0 Å². The molecule has 1 aromatic rings. The third-order valence-electron chi connectivity index (χ3n) is 4.96. The van der Waals surface area contributed by atoms with Gasteiger partial charge in [0.15, 0.2) is 12.0 Å². The molecule has 10 heteroatoms. The molecule has 146 valence electrons. The summed E-state index contributed by atoms with van der Waals surface area (Å²) >= 11 is 0. The number of aliphatic hydroxyl groups is 2. The van der Waals surface area contributed by atoms with Gasteiger partial charge in [-0.05, 0) is 0 Å². The lowest BCUT2D eigenvalue weighted by Gasteiger charge is -2.39. The Hall–Kier alpha value is -1.56. The van der Waals surface area contributed by atoms with Crippen LogP contribution in [0.25, 0.3) is 0 Å². The average Bonchev–Trinajstić information content (AvgIpc) is 2.96. The number of hydrogen-bond acceptors (Lipinski definition) is 8. The SMILES string of the molecule is COC1(O[C@@H]2[C@H](O)[C@@H](CO)O[C@H]2n2ccc(=O)n(C)c2=O)CCOCC1. The Morgan fingerprint density at radius 2 is 2.04 bits per heavy atom. The Kier molecular flexibility index (Phi) is 5.61. The van der Waals surface area contributed by atoms with Gasteiger partial charge in [0, 0.05) is 39.3 Å². The lowest BCUT2D eigenvalue weighted by atomic mass is 10.1. The molecule has 3 rings (SSSR count). The van der Waals surface area contributed by atoms with Gasteiger partial charge in [-0.15, -0.1) is 0 Å². The van der Waals surface area contributed by atoms with E-state index in [0.717, 1.165) is 4.57 Å². The van der Waals surface area contributed by atoms with Gasteiger partial charge >= 0.3 is 5.69 Å². The van der Waals surface area contributed by atoms with Crippen molar-refractivity contribution in [3.05, 3.63) is 33.1 Å². The van der Waals surface area contributed by atoms with Gasteiger partial charge in [0.2, 0.25) is 0 Å². The summed E-state index contributed by atoms with van der Waals surface area (Å²) < 4.78 is 24.7. The normalized spacial score (nSPS) is 31.2. The zero-order valence-electron chi connectivity index (χ0n) is 14.7. The van der Waals surface area contributed by atoms with Crippen molar-refractivity contribution in [1.29, 1.82) is 0 Å². The van der Waals surface area contributed by atoms with Crippen LogP contribution < -0.4 is 11.2 Å². The first kappa shape index (κ1) is 19.2. The van der Waals surface area contributed by atoms with Crippen LogP contribution in [0, 0.1) is 0 Å². The van der Waals surface area contributed by atoms with E-state index < -0.39 is 48.2 Å². The number of ether oxygens (including phenoxy) is 4. The first-order valence-electron chi connectivity index (χ1n) is 8.46. The first-order valence-corrected chi connectivity index (χ1v) is 8.46. The van der Waals surface area contributed by atoms with Gasteiger partial charge in [-0.2, -0.15) is 0 Å². The van der Waals surface area contributed by atoms with E-state index in [1.165, 1.54) is 31.0 Å². The van der Waals surface area contributed by atoms with Crippen LogP contribution >= 0.6 is 0 Å². The molecule has 2 aliphatic heterocycles. The van der Waals surface area contributed by atoms with Crippen molar-refractivity contribution in [2.45, 2.75) is 43.2 Å². The summed E-state index contributed by atoms with van der Waals surface area (Å²) in [4.78, 5) is 24.1. The molecule has 2 N–H and O–H groups in total. The molecule has 0 saturated carbocycles. The third-order valence-corrected chi connectivity index (χ3v) is 4.96. The van der Waals surface area contributed by atoms with Crippen LogP contribution in [0.5, 0.6) is 0 Å². The second kappa shape index (κ2) is 7.59. The summed E-state index contributed by atoms with van der Waals surface area (Å²) in [5.41, 5.74) is -1.07. The van der Waals surface area contributed by atoms with Crippen molar-refractivity contribution in [2.24, 2.45) is 7.05 Å². The summed E-state index contributed by atoms with van der Waals surface area (Å²) in [6, 6.07) is 1.22. The monoisotopic (exact) mass is 372 g/mol. The Morgan fingerprint density at radius 1 is 1.35 bits per heavy atom. The van der Waals surface area contributed by atoms with Crippen LogP contribution in [0.3, 0.4) is 0 Å². The molecule has 0 amide bonds. The van der Waals surface area contributed by atoms with E-state index in [9.17, 15) is 19.8 Å². The number of methoxy groups -OCH3 is 1. The van der Waals surface area contributed by atoms with Gasteiger partial charge in [-0.3, -0.25) is 13.9 Å². The maximum absolute atomic E-state index is 12.5. The van der Waals surface area contributed by atoms with Crippen molar-refractivity contribution in [3.8, 4) is 0 Å². The minimum absolute atomic E-state index is 0.436. The fourth-order valence-electron chi connectivity index (χ4n) is 3.30. The minimum Gasteiger partial charge on any atom is -0.394 e.